The van der Waals surface area contributed by atoms with Gasteiger partial charge in [0.25, 0.3) is 15.9 Å². The quantitative estimate of drug-likeness (QED) is 0.531. The summed E-state index contributed by atoms with van der Waals surface area (Å²) >= 11 is 1.65. The molecule has 2 N–H and O–H groups in total. The topological polar surface area (TPSA) is 78.5 Å². The lowest BCUT2D eigenvalue weighted by Gasteiger charge is -2.23. The smallest absolute Gasteiger partial charge is 0.261 e. The molecule has 1 aromatic heterocycles. The molecule has 0 aliphatic carbocycles. The van der Waals surface area contributed by atoms with Gasteiger partial charge in [-0.1, -0.05) is 18.2 Å². The van der Waals surface area contributed by atoms with Gasteiger partial charge in [-0.05, 0) is 80.8 Å². The van der Waals surface area contributed by atoms with E-state index < -0.39 is 10.0 Å². The van der Waals surface area contributed by atoms with E-state index in [1.54, 1.807) is 17.4 Å². The van der Waals surface area contributed by atoms with E-state index in [1.807, 2.05) is 57.6 Å². The summed E-state index contributed by atoms with van der Waals surface area (Å²) in [5.74, 6) is -0.241. The number of amides is 1. The molecule has 0 spiro atoms. The maximum absolute atomic E-state index is 12.8. The lowest BCUT2D eigenvalue weighted by atomic mass is 10.1. The molecule has 6 nitrogen and oxygen atoms in total. The summed E-state index contributed by atoms with van der Waals surface area (Å²) in [6, 6.07) is 15.5. The van der Waals surface area contributed by atoms with Crippen molar-refractivity contribution in [1.29, 1.82) is 0 Å². The number of thiophene rings is 1. The van der Waals surface area contributed by atoms with Gasteiger partial charge in [0, 0.05) is 17.0 Å². The van der Waals surface area contributed by atoms with Gasteiger partial charge in [0.15, 0.2) is 0 Å². The Bertz CT molecular complexity index is 1140. The van der Waals surface area contributed by atoms with Crippen molar-refractivity contribution in [1.82, 2.24) is 10.2 Å². The van der Waals surface area contributed by atoms with Gasteiger partial charge in [-0.15, -0.1) is 11.3 Å². The zero-order valence-corrected chi connectivity index (χ0v) is 19.7. The molecule has 2 aromatic carbocycles. The van der Waals surface area contributed by atoms with Crippen LogP contribution in [0.15, 0.2) is 64.9 Å². The molecule has 1 heterocycles. The zero-order chi connectivity index (χ0) is 22.6. The number of carbonyl (C=O) groups is 1. The molecular formula is C23H27N3O3S2. The van der Waals surface area contributed by atoms with Gasteiger partial charge in [0.2, 0.25) is 0 Å². The molecular weight excluding hydrogens is 430 g/mol. The second-order valence-corrected chi connectivity index (χ2v) is 10.2. The number of anilines is 1. The van der Waals surface area contributed by atoms with E-state index in [2.05, 4.69) is 14.9 Å². The highest BCUT2D eigenvalue weighted by atomic mass is 32.2. The number of rotatable bonds is 8. The molecule has 1 atom stereocenters. The maximum Gasteiger partial charge on any atom is 0.261 e. The van der Waals surface area contributed by atoms with Crippen molar-refractivity contribution in [3.8, 4) is 0 Å². The van der Waals surface area contributed by atoms with Crippen LogP contribution < -0.4 is 10.0 Å². The second-order valence-electron chi connectivity index (χ2n) is 7.58. The standard InChI is InChI=1S/C23H27N3O3S2/c1-16-7-5-8-20(17(16)2)25-31(28,29)19-12-10-18(11-13-19)23(27)24-15-21(26(3)4)22-9-6-14-30-22/h5-14,21,25H,15H2,1-4H3,(H,24,27). The van der Waals surface area contributed by atoms with Gasteiger partial charge in [-0.25, -0.2) is 8.42 Å². The number of benzene rings is 2. The van der Waals surface area contributed by atoms with Crippen LogP contribution >= 0.6 is 11.3 Å². The predicted molar refractivity (Wildman–Crippen MR) is 126 cm³/mol. The molecule has 3 aromatic rings. The Kier molecular flexibility index (Phi) is 7.15. The molecule has 8 heteroatoms. The Morgan fingerprint density at radius 2 is 1.74 bits per heavy atom. The highest BCUT2D eigenvalue weighted by Crippen LogP contribution is 2.23. The predicted octanol–water partition coefficient (Wildman–Crippen LogP) is 4.20. The van der Waals surface area contributed by atoms with E-state index in [1.165, 1.54) is 29.1 Å². The van der Waals surface area contributed by atoms with Crippen LogP contribution in [0.2, 0.25) is 0 Å². The Hall–Kier alpha value is -2.68. The number of carbonyl (C=O) groups excluding carboxylic acids is 1. The number of nitrogens with one attached hydrogen (secondary N) is 2. The minimum absolute atomic E-state index is 0.0744. The molecule has 1 amide bonds. The summed E-state index contributed by atoms with van der Waals surface area (Å²) in [5.41, 5.74) is 2.84. The number of nitrogens with zero attached hydrogens (tertiary/aromatic N) is 1. The molecule has 0 saturated carbocycles. The van der Waals surface area contributed by atoms with Crippen LogP contribution in [-0.4, -0.2) is 39.9 Å². The van der Waals surface area contributed by atoms with Crippen LogP contribution in [0.25, 0.3) is 0 Å². The lowest BCUT2D eigenvalue weighted by Crippen LogP contribution is -2.34. The average Bonchev–Trinajstić information content (AvgIpc) is 3.25. The number of hydrogen-bond donors (Lipinski definition) is 2. The SMILES string of the molecule is Cc1cccc(NS(=O)(=O)c2ccc(C(=O)NCC(c3cccs3)N(C)C)cc2)c1C. The fourth-order valence-electron chi connectivity index (χ4n) is 3.16. The minimum Gasteiger partial charge on any atom is -0.350 e. The summed E-state index contributed by atoms with van der Waals surface area (Å²) in [5, 5.41) is 4.95. The van der Waals surface area contributed by atoms with E-state index >= 15 is 0 Å². The zero-order valence-electron chi connectivity index (χ0n) is 18.0. The molecule has 3 rings (SSSR count). The van der Waals surface area contributed by atoms with Crippen molar-refractivity contribution in [3.63, 3.8) is 0 Å². The average molecular weight is 458 g/mol. The van der Waals surface area contributed by atoms with E-state index in [9.17, 15) is 13.2 Å². The third-order valence-electron chi connectivity index (χ3n) is 5.23. The molecule has 1 unspecified atom stereocenters. The number of sulfonamides is 1. The molecule has 0 fully saturated rings. The molecule has 0 aliphatic heterocycles. The second kappa shape index (κ2) is 9.64. The summed E-state index contributed by atoms with van der Waals surface area (Å²) in [6.45, 7) is 4.26. The number of aryl methyl sites for hydroxylation is 1. The van der Waals surface area contributed by atoms with Crippen LogP contribution in [0.4, 0.5) is 5.69 Å². The summed E-state index contributed by atoms with van der Waals surface area (Å²) in [4.78, 5) is 15.9. The summed E-state index contributed by atoms with van der Waals surface area (Å²) < 4.78 is 28.1. The van der Waals surface area contributed by atoms with Crippen molar-refractivity contribution in [2.45, 2.75) is 24.8 Å². The fraction of sp³-hybridized carbons (Fsp3) is 0.261. The van der Waals surface area contributed by atoms with Crippen molar-refractivity contribution < 1.29 is 13.2 Å². The van der Waals surface area contributed by atoms with Gasteiger partial charge >= 0.3 is 0 Å². The van der Waals surface area contributed by atoms with Crippen LogP contribution in [0.3, 0.4) is 0 Å². The molecule has 164 valence electrons. The lowest BCUT2D eigenvalue weighted by molar-refractivity contribution is 0.0942. The van der Waals surface area contributed by atoms with Crippen LogP contribution in [0.1, 0.15) is 32.4 Å². The summed E-state index contributed by atoms with van der Waals surface area (Å²) in [6.07, 6.45) is 0. The molecule has 31 heavy (non-hydrogen) atoms. The summed E-state index contributed by atoms with van der Waals surface area (Å²) in [7, 11) is 0.194. The van der Waals surface area contributed by atoms with Crippen molar-refractivity contribution >= 4 is 33.0 Å². The van der Waals surface area contributed by atoms with Crippen LogP contribution in [-0.2, 0) is 10.0 Å². The van der Waals surface area contributed by atoms with E-state index in [4.69, 9.17) is 0 Å². The first-order valence-electron chi connectivity index (χ1n) is 9.86. The van der Waals surface area contributed by atoms with E-state index in [-0.39, 0.29) is 16.8 Å². The number of likely N-dealkylation sites (N-methyl/N-ethyl adjacent to an activating group) is 1. The highest BCUT2D eigenvalue weighted by molar-refractivity contribution is 7.92. The van der Waals surface area contributed by atoms with E-state index in [0.717, 1.165) is 11.1 Å². The van der Waals surface area contributed by atoms with Crippen molar-refractivity contribution in [3.05, 3.63) is 81.5 Å². The fourth-order valence-corrected chi connectivity index (χ4v) is 5.21. The largest absolute Gasteiger partial charge is 0.350 e. The van der Waals surface area contributed by atoms with E-state index in [0.29, 0.717) is 17.8 Å². The molecule has 0 radical (unpaired) electrons. The third kappa shape index (κ3) is 5.52. The Morgan fingerprint density at radius 3 is 2.35 bits per heavy atom. The maximum atomic E-state index is 12.8. The minimum atomic E-state index is -3.75. The van der Waals surface area contributed by atoms with Crippen molar-refractivity contribution in [2.75, 3.05) is 25.4 Å². The monoisotopic (exact) mass is 457 g/mol. The first kappa shape index (κ1) is 23.0. The normalized spacial score (nSPS) is 12.5. The first-order valence-corrected chi connectivity index (χ1v) is 12.2. The first-order chi connectivity index (χ1) is 14.7. The van der Waals surface area contributed by atoms with Crippen molar-refractivity contribution in [2.24, 2.45) is 0 Å². The van der Waals surface area contributed by atoms with Gasteiger partial charge in [0.05, 0.1) is 16.6 Å². The Labute approximate surface area is 188 Å². The van der Waals surface area contributed by atoms with Gasteiger partial charge in [-0.2, -0.15) is 0 Å². The van der Waals surface area contributed by atoms with Gasteiger partial charge < -0.3 is 10.2 Å². The third-order valence-corrected chi connectivity index (χ3v) is 7.58. The highest BCUT2D eigenvalue weighted by Gasteiger charge is 2.19. The van der Waals surface area contributed by atoms with Gasteiger partial charge in [-0.3, -0.25) is 9.52 Å². The molecule has 0 aliphatic rings. The van der Waals surface area contributed by atoms with Gasteiger partial charge in [0.1, 0.15) is 0 Å². The molecule has 0 bridgehead atoms. The Morgan fingerprint density at radius 1 is 1.03 bits per heavy atom. The van der Waals surface area contributed by atoms with Crippen LogP contribution in [0.5, 0.6) is 0 Å². The Balaban J connectivity index is 1.69. The number of hydrogen-bond acceptors (Lipinski definition) is 5. The van der Waals surface area contributed by atoms with Crippen LogP contribution in [0, 0.1) is 13.8 Å². The molecule has 0 saturated heterocycles.